The summed E-state index contributed by atoms with van der Waals surface area (Å²) in [5.41, 5.74) is 0. The summed E-state index contributed by atoms with van der Waals surface area (Å²) < 4.78 is 0. The lowest BCUT2D eigenvalue weighted by atomic mass is 9.96. The molecule has 20 heavy (non-hydrogen) atoms. The van der Waals surface area contributed by atoms with Crippen LogP contribution < -0.4 is 0 Å². The number of amides is 2. The summed E-state index contributed by atoms with van der Waals surface area (Å²) in [6.07, 6.45) is 4.68. The van der Waals surface area contributed by atoms with E-state index in [1.165, 1.54) is 12.8 Å². The van der Waals surface area contributed by atoms with Crippen molar-refractivity contribution >= 4 is 11.8 Å². The Kier molecular flexibility index (Phi) is 3.96. The minimum Gasteiger partial charge on any atom is -0.340 e. The van der Waals surface area contributed by atoms with E-state index in [4.69, 9.17) is 0 Å². The van der Waals surface area contributed by atoms with Gasteiger partial charge in [-0.25, -0.2) is 0 Å². The number of carbonyl (C=O) groups is 2. The molecule has 0 spiro atoms. The Balaban J connectivity index is 1.64. The molecule has 3 aliphatic heterocycles. The fourth-order valence-electron chi connectivity index (χ4n) is 3.75. The van der Waals surface area contributed by atoms with E-state index >= 15 is 0 Å². The molecule has 0 radical (unpaired) electrons. The second-order valence-electron chi connectivity index (χ2n) is 6.53. The molecule has 5 heteroatoms. The van der Waals surface area contributed by atoms with Crippen LogP contribution in [0.3, 0.4) is 0 Å². The topological polar surface area (TPSA) is 43.9 Å². The van der Waals surface area contributed by atoms with Crippen molar-refractivity contribution in [2.45, 2.75) is 38.1 Å². The van der Waals surface area contributed by atoms with Crippen molar-refractivity contribution in [3.05, 3.63) is 0 Å². The summed E-state index contributed by atoms with van der Waals surface area (Å²) in [6, 6.07) is -0.156. The Morgan fingerprint density at radius 2 is 1.80 bits per heavy atom. The normalized spacial score (nSPS) is 29.8. The van der Waals surface area contributed by atoms with Crippen molar-refractivity contribution in [3.63, 3.8) is 0 Å². The number of hydrogen-bond acceptors (Lipinski definition) is 3. The van der Waals surface area contributed by atoms with Crippen molar-refractivity contribution in [2.75, 3.05) is 39.8 Å². The van der Waals surface area contributed by atoms with Crippen molar-refractivity contribution in [1.29, 1.82) is 0 Å². The van der Waals surface area contributed by atoms with Crippen molar-refractivity contribution in [1.82, 2.24) is 14.7 Å². The Bertz CT molecular complexity index is 391. The van der Waals surface area contributed by atoms with Gasteiger partial charge in [-0.1, -0.05) is 0 Å². The zero-order chi connectivity index (χ0) is 14.1. The van der Waals surface area contributed by atoms with Crippen LogP contribution >= 0.6 is 0 Å². The Morgan fingerprint density at radius 3 is 2.55 bits per heavy atom. The van der Waals surface area contributed by atoms with Gasteiger partial charge < -0.3 is 14.7 Å². The second kappa shape index (κ2) is 5.72. The van der Waals surface area contributed by atoms with Gasteiger partial charge in [0.25, 0.3) is 0 Å². The van der Waals surface area contributed by atoms with Crippen LogP contribution in [0.25, 0.3) is 0 Å². The lowest BCUT2D eigenvalue weighted by Gasteiger charge is -2.33. The van der Waals surface area contributed by atoms with Crippen LogP contribution in [0.5, 0.6) is 0 Å². The van der Waals surface area contributed by atoms with Gasteiger partial charge in [-0.2, -0.15) is 0 Å². The number of fused-ring (bicyclic) bond motifs is 1. The molecule has 3 saturated heterocycles. The number of hydrogen-bond donors (Lipinski definition) is 0. The molecule has 5 nitrogen and oxygen atoms in total. The molecular formula is C15H25N3O2. The number of carbonyl (C=O) groups excluding carboxylic acids is 2. The lowest BCUT2D eigenvalue weighted by Crippen LogP contribution is -2.46. The summed E-state index contributed by atoms with van der Waals surface area (Å²) in [5.74, 6) is 0.984. The van der Waals surface area contributed by atoms with Gasteiger partial charge in [0, 0.05) is 26.1 Å². The fourth-order valence-corrected chi connectivity index (χ4v) is 3.75. The molecule has 0 N–H and O–H groups in total. The lowest BCUT2D eigenvalue weighted by molar-refractivity contribution is -0.139. The van der Waals surface area contributed by atoms with Crippen LogP contribution in [-0.4, -0.2) is 72.3 Å². The van der Waals surface area contributed by atoms with Gasteiger partial charge in [0.15, 0.2) is 0 Å². The summed E-state index contributed by atoms with van der Waals surface area (Å²) in [5, 5.41) is 0. The molecule has 0 aromatic carbocycles. The van der Waals surface area contributed by atoms with Gasteiger partial charge in [0.2, 0.25) is 11.8 Å². The summed E-state index contributed by atoms with van der Waals surface area (Å²) in [6.45, 7) is 4.50. The number of piperidine rings is 1. The van der Waals surface area contributed by atoms with Crippen LogP contribution in [0.1, 0.15) is 32.1 Å². The molecule has 1 atom stereocenters. The average Bonchev–Trinajstić information content (AvgIpc) is 2.90. The molecule has 0 saturated carbocycles. The summed E-state index contributed by atoms with van der Waals surface area (Å²) in [7, 11) is 2.16. The van der Waals surface area contributed by atoms with Crippen LogP contribution in [0, 0.1) is 5.92 Å². The number of rotatable bonds is 2. The molecule has 2 amide bonds. The highest BCUT2D eigenvalue weighted by atomic mass is 16.2. The molecule has 0 bridgehead atoms. The third-order valence-corrected chi connectivity index (χ3v) is 5.08. The largest absolute Gasteiger partial charge is 0.340 e. The predicted molar refractivity (Wildman–Crippen MR) is 76.2 cm³/mol. The van der Waals surface area contributed by atoms with Gasteiger partial charge >= 0.3 is 0 Å². The number of nitrogens with zero attached hydrogens (tertiary/aromatic N) is 3. The Hall–Kier alpha value is -1.10. The van der Waals surface area contributed by atoms with E-state index in [9.17, 15) is 9.59 Å². The molecule has 0 aromatic rings. The van der Waals surface area contributed by atoms with E-state index < -0.39 is 0 Å². The van der Waals surface area contributed by atoms with E-state index in [1.807, 2.05) is 9.80 Å². The molecule has 3 heterocycles. The van der Waals surface area contributed by atoms with E-state index in [-0.39, 0.29) is 17.9 Å². The van der Waals surface area contributed by atoms with Crippen LogP contribution in [-0.2, 0) is 9.59 Å². The minimum atomic E-state index is -0.156. The van der Waals surface area contributed by atoms with Gasteiger partial charge in [-0.15, -0.1) is 0 Å². The minimum absolute atomic E-state index is 0.156. The van der Waals surface area contributed by atoms with Crippen LogP contribution in [0.4, 0.5) is 0 Å². The van der Waals surface area contributed by atoms with E-state index in [1.54, 1.807) is 0 Å². The maximum Gasteiger partial charge on any atom is 0.245 e. The molecule has 3 aliphatic rings. The molecule has 3 rings (SSSR count). The maximum absolute atomic E-state index is 12.6. The molecule has 1 unspecified atom stereocenters. The Labute approximate surface area is 120 Å². The van der Waals surface area contributed by atoms with Crippen LogP contribution in [0.15, 0.2) is 0 Å². The monoisotopic (exact) mass is 279 g/mol. The SMILES string of the molecule is CN1CCC(CN2CCC(=O)N3CCCC3C2=O)CC1. The maximum atomic E-state index is 12.6. The zero-order valence-electron chi connectivity index (χ0n) is 12.4. The van der Waals surface area contributed by atoms with Crippen molar-refractivity contribution in [3.8, 4) is 0 Å². The summed E-state index contributed by atoms with van der Waals surface area (Å²) >= 11 is 0. The van der Waals surface area contributed by atoms with Gasteiger partial charge in [-0.3, -0.25) is 9.59 Å². The molecule has 0 aliphatic carbocycles. The quantitative estimate of drug-likeness (QED) is 0.741. The Morgan fingerprint density at radius 1 is 1.05 bits per heavy atom. The standard InChI is InChI=1S/C15H25N3O2/c1-16-8-4-12(5-9-16)11-17-10-6-14(19)18-7-2-3-13(18)15(17)20/h12-13H,2-11H2,1H3. The van der Waals surface area contributed by atoms with Crippen molar-refractivity contribution in [2.24, 2.45) is 5.92 Å². The first-order valence-electron chi connectivity index (χ1n) is 7.92. The molecule has 3 fully saturated rings. The molecule has 112 valence electrons. The van der Waals surface area contributed by atoms with Crippen molar-refractivity contribution < 1.29 is 9.59 Å². The highest BCUT2D eigenvalue weighted by molar-refractivity contribution is 5.90. The first-order chi connectivity index (χ1) is 9.65. The molecular weight excluding hydrogens is 254 g/mol. The first kappa shape index (κ1) is 13.9. The average molecular weight is 279 g/mol. The van der Waals surface area contributed by atoms with E-state index in [2.05, 4.69) is 11.9 Å². The van der Waals surface area contributed by atoms with Gasteiger partial charge in [0.05, 0.1) is 0 Å². The van der Waals surface area contributed by atoms with Crippen LogP contribution in [0.2, 0.25) is 0 Å². The smallest absolute Gasteiger partial charge is 0.245 e. The van der Waals surface area contributed by atoms with E-state index in [0.29, 0.717) is 18.9 Å². The fraction of sp³-hybridized carbons (Fsp3) is 0.867. The summed E-state index contributed by atoms with van der Waals surface area (Å²) in [4.78, 5) is 30.8. The highest BCUT2D eigenvalue weighted by Gasteiger charge is 2.39. The third-order valence-electron chi connectivity index (χ3n) is 5.08. The third kappa shape index (κ3) is 2.68. The second-order valence-corrected chi connectivity index (χ2v) is 6.53. The van der Waals surface area contributed by atoms with Gasteiger partial charge in [-0.05, 0) is 51.7 Å². The number of likely N-dealkylation sites (tertiary alicyclic amines) is 1. The van der Waals surface area contributed by atoms with Gasteiger partial charge in [0.1, 0.15) is 6.04 Å². The van der Waals surface area contributed by atoms with E-state index in [0.717, 1.165) is 39.0 Å². The first-order valence-corrected chi connectivity index (χ1v) is 7.92. The zero-order valence-corrected chi connectivity index (χ0v) is 12.4. The molecule has 0 aromatic heterocycles. The highest BCUT2D eigenvalue weighted by Crippen LogP contribution is 2.25. The predicted octanol–water partition coefficient (Wildman–Crippen LogP) is 0.551.